The first-order chi connectivity index (χ1) is 14.4. The summed E-state index contributed by atoms with van der Waals surface area (Å²) < 4.78 is 39.5. The molecular weight excluding hydrogens is 432 g/mol. The van der Waals surface area contributed by atoms with Crippen molar-refractivity contribution < 1.29 is 22.8 Å². The van der Waals surface area contributed by atoms with E-state index in [1.807, 2.05) is 0 Å². The van der Waals surface area contributed by atoms with Gasteiger partial charge in [0, 0.05) is 25.2 Å². The van der Waals surface area contributed by atoms with E-state index in [1.165, 1.54) is 30.6 Å². The van der Waals surface area contributed by atoms with Gasteiger partial charge < -0.3 is 14.4 Å². The molecule has 1 fully saturated rings. The number of hydrogen-bond donors (Lipinski definition) is 1. The smallest absolute Gasteiger partial charge is 0.271 e. The van der Waals surface area contributed by atoms with Crippen LogP contribution in [-0.2, 0) is 14.8 Å². The lowest BCUT2D eigenvalue weighted by Gasteiger charge is -2.25. The van der Waals surface area contributed by atoms with E-state index in [9.17, 15) is 18.5 Å². The molecule has 158 valence electrons. The number of fused-ring (bicyclic) bond motifs is 1. The molecule has 0 atom stereocenters. The van der Waals surface area contributed by atoms with Crippen LogP contribution in [0.5, 0.6) is 5.75 Å². The zero-order valence-electron chi connectivity index (χ0n) is 15.9. The van der Waals surface area contributed by atoms with Crippen molar-refractivity contribution in [1.29, 1.82) is 0 Å². The molecule has 1 aromatic heterocycles. The monoisotopic (exact) mass is 450 g/mol. The second-order valence-electron chi connectivity index (χ2n) is 6.48. The average molecular weight is 450 g/mol. The first-order valence-electron chi connectivity index (χ1n) is 8.96. The maximum Gasteiger partial charge on any atom is 0.271 e. The Balaban J connectivity index is 1.64. The van der Waals surface area contributed by atoms with Crippen molar-refractivity contribution in [2.75, 3.05) is 43.0 Å². The van der Waals surface area contributed by atoms with Crippen LogP contribution in [0.3, 0.4) is 0 Å². The van der Waals surface area contributed by atoms with Gasteiger partial charge in [-0.3, -0.25) is 14.8 Å². The fourth-order valence-corrected chi connectivity index (χ4v) is 5.36. The standard InChI is InChI=1S/C18H18N4O6S2/c1-27-15-5-3-13(22(23)24)11-17(15)30(25,26)20-12-2-4-14-16(10-12)29-18(19-14)21-6-8-28-9-7-21/h2-5,10-11,20H,6-9H2,1H3. The van der Waals surface area contributed by atoms with Gasteiger partial charge >= 0.3 is 0 Å². The van der Waals surface area contributed by atoms with E-state index < -0.39 is 14.9 Å². The predicted octanol–water partition coefficient (Wildman–Crippen LogP) is 2.85. The maximum absolute atomic E-state index is 12.9. The molecule has 12 heteroatoms. The third kappa shape index (κ3) is 4.01. The van der Waals surface area contributed by atoms with Crippen molar-refractivity contribution in [3.8, 4) is 5.75 Å². The predicted molar refractivity (Wildman–Crippen MR) is 113 cm³/mol. The Labute approximate surface area is 176 Å². The normalized spacial score (nSPS) is 14.6. The van der Waals surface area contributed by atoms with Crippen LogP contribution in [0.25, 0.3) is 10.2 Å². The fraction of sp³-hybridized carbons (Fsp3) is 0.278. The van der Waals surface area contributed by atoms with Crippen LogP contribution in [0.15, 0.2) is 41.3 Å². The Morgan fingerprint density at radius 2 is 2.00 bits per heavy atom. The van der Waals surface area contributed by atoms with Crippen LogP contribution in [0.1, 0.15) is 0 Å². The quantitative estimate of drug-likeness (QED) is 0.449. The van der Waals surface area contributed by atoms with Crippen molar-refractivity contribution in [3.05, 3.63) is 46.5 Å². The highest BCUT2D eigenvalue weighted by Crippen LogP contribution is 2.33. The van der Waals surface area contributed by atoms with Crippen molar-refractivity contribution >= 4 is 48.1 Å². The molecule has 30 heavy (non-hydrogen) atoms. The first-order valence-corrected chi connectivity index (χ1v) is 11.3. The van der Waals surface area contributed by atoms with Crippen LogP contribution in [-0.4, -0.2) is 51.7 Å². The molecule has 3 aromatic rings. The number of ether oxygens (including phenoxy) is 2. The minimum Gasteiger partial charge on any atom is -0.495 e. The molecule has 0 unspecified atom stereocenters. The summed E-state index contributed by atoms with van der Waals surface area (Å²) in [7, 11) is -2.81. The second-order valence-corrected chi connectivity index (χ2v) is 9.14. The van der Waals surface area contributed by atoms with Crippen LogP contribution in [0.2, 0.25) is 0 Å². The van der Waals surface area contributed by atoms with E-state index >= 15 is 0 Å². The van der Waals surface area contributed by atoms with Gasteiger partial charge in [-0.05, 0) is 24.3 Å². The highest BCUT2D eigenvalue weighted by atomic mass is 32.2. The maximum atomic E-state index is 12.9. The largest absolute Gasteiger partial charge is 0.495 e. The summed E-state index contributed by atoms with van der Waals surface area (Å²) in [4.78, 5) is 16.8. The number of morpholine rings is 1. The van der Waals surface area contributed by atoms with Gasteiger partial charge in [-0.1, -0.05) is 11.3 Å². The molecule has 1 aliphatic heterocycles. The number of non-ortho nitro benzene ring substituents is 1. The third-order valence-corrected chi connectivity index (χ3v) is 7.04. The Kier molecular flexibility index (Phi) is 5.45. The van der Waals surface area contributed by atoms with Gasteiger partial charge in [0.1, 0.15) is 10.6 Å². The zero-order chi connectivity index (χ0) is 21.3. The topological polar surface area (TPSA) is 124 Å². The number of benzene rings is 2. The number of sulfonamides is 1. The molecule has 0 radical (unpaired) electrons. The number of nitro groups is 1. The summed E-state index contributed by atoms with van der Waals surface area (Å²) in [5.41, 5.74) is 0.745. The van der Waals surface area contributed by atoms with Crippen LogP contribution in [0.4, 0.5) is 16.5 Å². The fourth-order valence-electron chi connectivity index (χ4n) is 3.06. The number of rotatable bonds is 6. The zero-order valence-corrected chi connectivity index (χ0v) is 17.5. The summed E-state index contributed by atoms with van der Waals surface area (Å²) in [6.07, 6.45) is 0. The molecule has 0 amide bonds. The minimum atomic E-state index is -4.12. The lowest BCUT2D eigenvalue weighted by Crippen LogP contribution is -2.36. The number of methoxy groups -OCH3 is 1. The van der Waals surface area contributed by atoms with Gasteiger partial charge in [0.15, 0.2) is 5.13 Å². The molecule has 1 aliphatic rings. The number of nitro benzene ring substituents is 1. The summed E-state index contributed by atoms with van der Waals surface area (Å²) >= 11 is 1.46. The van der Waals surface area contributed by atoms with Crippen LogP contribution >= 0.6 is 11.3 Å². The average Bonchev–Trinajstić information content (AvgIpc) is 3.17. The third-order valence-electron chi connectivity index (χ3n) is 4.56. The highest BCUT2D eigenvalue weighted by molar-refractivity contribution is 7.92. The molecule has 0 bridgehead atoms. The lowest BCUT2D eigenvalue weighted by molar-refractivity contribution is -0.385. The Morgan fingerprint density at radius 1 is 1.23 bits per heavy atom. The molecule has 0 saturated carbocycles. The Hall–Kier alpha value is -2.96. The number of nitrogens with zero attached hydrogens (tertiary/aromatic N) is 3. The molecule has 2 heterocycles. The molecule has 2 aromatic carbocycles. The van der Waals surface area contributed by atoms with Crippen molar-refractivity contribution in [2.24, 2.45) is 0 Å². The summed E-state index contributed by atoms with van der Waals surface area (Å²) in [5, 5.41) is 11.9. The summed E-state index contributed by atoms with van der Waals surface area (Å²) in [5.74, 6) is 0.0153. The molecule has 1 saturated heterocycles. The van der Waals surface area contributed by atoms with E-state index in [2.05, 4.69) is 14.6 Å². The van der Waals surface area contributed by atoms with Crippen molar-refractivity contribution in [1.82, 2.24) is 4.98 Å². The van der Waals surface area contributed by atoms with E-state index in [0.717, 1.165) is 34.5 Å². The second kappa shape index (κ2) is 8.05. The van der Waals surface area contributed by atoms with E-state index in [-0.39, 0.29) is 16.3 Å². The van der Waals surface area contributed by atoms with Gasteiger partial charge in [-0.25, -0.2) is 13.4 Å². The lowest BCUT2D eigenvalue weighted by atomic mass is 10.3. The number of nitrogens with one attached hydrogen (secondary N) is 1. The SMILES string of the molecule is COc1ccc([N+](=O)[O-])cc1S(=O)(=O)Nc1ccc2nc(N3CCOCC3)sc2c1. The molecular formula is C18H18N4O6S2. The molecule has 0 aliphatic carbocycles. The Bertz CT molecular complexity index is 1200. The van der Waals surface area contributed by atoms with Gasteiger partial charge in [0.2, 0.25) is 0 Å². The van der Waals surface area contributed by atoms with Gasteiger partial charge in [0.25, 0.3) is 15.7 Å². The number of anilines is 2. The van der Waals surface area contributed by atoms with Gasteiger partial charge in [0.05, 0.1) is 41.2 Å². The van der Waals surface area contributed by atoms with Crippen molar-refractivity contribution in [3.63, 3.8) is 0 Å². The number of aromatic nitrogens is 1. The first kappa shape index (κ1) is 20.3. The molecule has 4 rings (SSSR count). The Morgan fingerprint density at radius 3 is 2.70 bits per heavy atom. The number of hydrogen-bond acceptors (Lipinski definition) is 9. The minimum absolute atomic E-state index is 0.0153. The van der Waals surface area contributed by atoms with E-state index in [4.69, 9.17) is 9.47 Å². The van der Waals surface area contributed by atoms with E-state index in [0.29, 0.717) is 18.9 Å². The highest BCUT2D eigenvalue weighted by Gasteiger charge is 2.24. The summed E-state index contributed by atoms with van der Waals surface area (Å²) in [6.45, 7) is 2.80. The molecule has 10 nitrogen and oxygen atoms in total. The van der Waals surface area contributed by atoms with E-state index in [1.54, 1.807) is 18.2 Å². The van der Waals surface area contributed by atoms with Crippen LogP contribution < -0.4 is 14.4 Å². The van der Waals surface area contributed by atoms with Crippen molar-refractivity contribution in [2.45, 2.75) is 4.90 Å². The molecule has 0 spiro atoms. The van der Waals surface area contributed by atoms with Crippen LogP contribution in [0, 0.1) is 10.1 Å². The number of thiazole rings is 1. The van der Waals surface area contributed by atoms with Gasteiger partial charge in [-0.15, -0.1) is 0 Å². The summed E-state index contributed by atoms with van der Waals surface area (Å²) in [6, 6.07) is 8.45. The van der Waals surface area contributed by atoms with Gasteiger partial charge in [-0.2, -0.15) is 0 Å². The molecule has 1 N–H and O–H groups in total.